The van der Waals surface area contributed by atoms with Gasteiger partial charge in [0.05, 0.1) is 24.6 Å². The average Bonchev–Trinajstić information content (AvgIpc) is 3.76. The Morgan fingerprint density at radius 2 is 1.77 bits per heavy atom. The van der Waals surface area contributed by atoms with Gasteiger partial charge in [-0.15, -0.1) is 0 Å². The van der Waals surface area contributed by atoms with E-state index in [9.17, 15) is 28.2 Å². The first kappa shape index (κ1) is 40.4. The predicted molar refractivity (Wildman–Crippen MR) is 205 cm³/mol. The number of urea groups is 1. The first-order chi connectivity index (χ1) is 25.5. The molecule has 14 heteroatoms. The third-order valence-corrected chi connectivity index (χ3v) is 11.4. The van der Waals surface area contributed by atoms with Crippen LogP contribution in [0.4, 0.5) is 4.79 Å². The number of amides is 3. The second kappa shape index (κ2) is 19.5. The smallest absolute Gasteiger partial charge is 0.329 e. The van der Waals surface area contributed by atoms with Gasteiger partial charge in [-0.05, 0) is 43.4 Å². The number of hydrogen-bond acceptors (Lipinski definition) is 9. The van der Waals surface area contributed by atoms with Crippen LogP contribution in [-0.2, 0) is 21.4 Å². The number of H-pyrrole nitrogens is 1. The Morgan fingerprint density at radius 3 is 2.51 bits per heavy atom. The van der Waals surface area contributed by atoms with Crippen LogP contribution in [0, 0.1) is 5.92 Å². The number of hydrogen-bond donors (Lipinski definition) is 6. The number of aromatic nitrogens is 1. The van der Waals surface area contributed by atoms with Crippen molar-refractivity contribution in [3.63, 3.8) is 0 Å². The third kappa shape index (κ3) is 12.1. The van der Waals surface area contributed by atoms with E-state index in [-0.39, 0.29) is 31.7 Å². The summed E-state index contributed by atoms with van der Waals surface area (Å²) in [5, 5.41) is 29.3. The number of unbranched alkanes of at least 4 members (excludes halogenated alkanes) is 1. The van der Waals surface area contributed by atoms with E-state index in [1.54, 1.807) is 12.3 Å². The number of carbonyl (C=O) groups is 2. The maximum absolute atomic E-state index is 13.4. The number of benzene rings is 2. The van der Waals surface area contributed by atoms with Crippen molar-refractivity contribution < 1.29 is 33.0 Å². The summed E-state index contributed by atoms with van der Waals surface area (Å²) in [6.45, 7) is 4.92. The molecule has 290 valence electrons. The summed E-state index contributed by atoms with van der Waals surface area (Å²) in [5.74, 6) is -0.790. The molecule has 2 aliphatic rings. The van der Waals surface area contributed by atoms with E-state index >= 15 is 0 Å². The Kier molecular flexibility index (Phi) is 14.9. The number of aliphatic hydroxyl groups is 2. The van der Waals surface area contributed by atoms with Crippen LogP contribution in [0.2, 0.25) is 0 Å². The van der Waals surface area contributed by atoms with Crippen LogP contribution in [0.3, 0.4) is 0 Å². The number of para-hydroxylation sites is 1. The van der Waals surface area contributed by atoms with Gasteiger partial charge in [-0.3, -0.25) is 15.0 Å². The van der Waals surface area contributed by atoms with Gasteiger partial charge in [0, 0.05) is 47.8 Å². The van der Waals surface area contributed by atoms with Crippen LogP contribution >= 0.6 is 0 Å². The zero-order valence-corrected chi connectivity index (χ0v) is 31.7. The van der Waals surface area contributed by atoms with Crippen molar-refractivity contribution in [3.05, 3.63) is 83.8 Å². The third-order valence-electron chi connectivity index (χ3n) is 10.0. The molecule has 6 N–H and O–H groups in total. The van der Waals surface area contributed by atoms with Crippen LogP contribution in [0.15, 0.2) is 72.6 Å². The van der Waals surface area contributed by atoms with Gasteiger partial charge < -0.3 is 30.2 Å². The van der Waals surface area contributed by atoms with Gasteiger partial charge in [0.15, 0.2) is 0 Å². The molecule has 13 nitrogen and oxygen atoms in total. The molecule has 1 saturated carbocycles. The minimum Gasteiger partial charge on any atom is -0.389 e. The molecule has 2 aromatic carbocycles. The fourth-order valence-corrected chi connectivity index (χ4v) is 8.39. The summed E-state index contributed by atoms with van der Waals surface area (Å²) in [5.41, 5.74) is 2.85. The molecular formula is C39H56N6O7S. The molecule has 53 heavy (non-hydrogen) atoms. The molecule has 0 bridgehead atoms. The number of aliphatic hydroxyl groups excluding tert-OH is 2. The zero-order chi connectivity index (χ0) is 37.8. The van der Waals surface area contributed by atoms with Gasteiger partial charge in [-0.2, -0.15) is 0 Å². The molecule has 1 aromatic heterocycles. The van der Waals surface area contributed by atoms with Crippen LogP contribution in [0.25, 0.3) is 10.9 Å². The van der Waals surface area contributed by atoms with Crippen LogP contribution in [0.1, 0.15) is 87.7 Å². The number of imide groups is 1. The molecule has 4 atom stereocenters. The minimum absolute atomic E-state index is 0.151. The van der Waals surface area contributed by atoms with E-state index in [4.69, 9.17) is 4.74 Å². The van der Waals surface area contributed by atoms with Gasteiger partial charge in [-0.1, -0.05) is 94.0 Å². The summed E-state index contributed by atoms with van der Waals surface area (Å²) in [7, 11) is -3.78. The molecule has 1 aliphatic heterocycles. The first-order valence-electron chi connectivity index (χ1n) is 18.9. The molecule has 1 aliphatic carbocycles. The Bertz CT molecular complexity index is 1730. The number of sulfonamides is 1. The fourth-order valence-electron chi connectivity index (χ4n) is 7.17. The van der Waals surface area contributed by atoms with E-state index < -0.39 is 46.0 Å². The average molecular weight is 753 g/mol. The monoisotopic (exact) mass is 752 g/mol. The maximum Gasteiger partial charge on any atom is 0.329 e. The van der Waals surface area contributed by atoms with Crippen molar-refractivity contribution in [3.8, 4) is 0 Å². The molecule has 2 heterocycles. The molecule has 1 fully saturated rings. The molecule has 0 spiro atoms. The second-order valence-electron chi connectivity index (χ2n) is 14.5. The van der Waals surface area contributed by atoms with E-state index in [2.05, 4.69) is 20.3 Å². The number of carbonyl (C=O) groups excluding carboxylic acids is 2. The number of rotatable bonds is 19. The van der Waals surface area contributed by atoms with Crippen LogP contribution in [-0.4, -0.2) is 95.3 Å². The number of nitrogens with zero attached hydrogens (tertiary/aromatic N) is 2. The van der Waals surface area contributed by atoms with Crippen molar-refractivity contribution in [2.45, 2.75) is 103 Å². The van der Waals surface area contributed by atoms with Crippen molar-refractivity contribution in [2.24, 2.45) is 5.92 Å². The highest BCUT2D eigenvalue weighted by Gasteiger charge is 2.34. The fraction of sp³-hybridized carbons (Fsp3) is 0.538. The Balaban J connectivity index is 1.27. The van der Waals surface area contributed by atoms with Gasteiger partial charge in [0.2, 0.25) is 10.0 Å². The molecule has 0 saturated heterocycles. The Labute approximate surface area is 313 Å². The predicted octanol–water partition coefficient (Wildman–Crippen LogP) is 4.76. The summed E-state index contributed by atoms with van der Waals surface area (Å²) < 4.78 is 34.0. The van der Waals surface area contributed by atoms with E-state index in [0.29, 0.717) is 31.8 Å². The van der Waals surface area contributed by atoms with E-state index in [0.717, 1.165) is 54.3 Å². The maximum atomic E-state index is 13.4. The minimum atomic E-state index is -3.78. The number of aromatic amines is 1. The molecule has 5 rings (SSSR count). The van der Waals surface area contributed by atoms with Gasteiger partial charge >= 0.3 is 6.03 Å². The lowest BCUT2D eigenvalue weighted by atomic mass is 9.83. The van der Waals surface area contributed by atoms with Crippen molar-refractivity contribution in [1.29, 1.82) is 0 Å². The van der Waals surface area contributed by atoms with Gasteiger partial charge in [0.25, 0.3) is 5.91 Å². The summed E-state index contributed by atoms with van der Waals surface area (Å²) in [4.78, 5) is 32.9. The summed E-state index contributed by atoms with van der Waals surface area (Å²) >= 11 is 0. The standard InChI is InChI=1S/C39H56N6O7S/c1-3-4-19-40-53(50,51)25-36(46)37(47)34(21-29-13-7-5-8-14-29)41-28(2)20-32-23-44(26-45(32)27-52-24-30-15-9-6-10-16-30)39(49)43-38(48)35-22-31-17-11-12-18-33(31)42-35/h6,9-12,15-18,22-23,28-29,34,36-37,40-42,46-47H,3-5,7-8,13-14,19-21,24-27H2,1-2H3,(H,43,48,49)/t28?,34-,36+,37-/m0/s1. The van der Waals surface area contributed by atoms with Crippen molar-refractivity contribution in [1.82, 2.24) is 30.1 Å². The molecule has 3 aromatic rings. The lowest BCUT2D eigenvalue weighted by Gasteiger charge is -2.34. The molecular weight excluding hydrogens is 697 g/mol. The lowest BCUT2D eigenvalue weighted by Crippen LogP contribution is -2.52. The number of ether oxygens (including phenoxy) is 1. The molecule has 3 amide bonds. The highest BCUT2D eigenvalue weighted by molar-refractivity contribution is 7.89. The second-order valence-corrected chi connectivity index (χ2v) is 16.3. The van der Waals surface area contributed by atoms with Crippen LogP contribution in [0.5, 0.6) is 0 Å². The molecule has 1 unspecified atom stereocenters. The normalized spacial score (nSPS) is 17.8. The van der Waals surface area contributed by atoms with Crippen LogP contribution < -0.4 is 15.4 Å². The van der Waals surface area contributed by atoms with E-state index in [1.807, 2.05) is 73.3 Å². The summed E-state index contributed by atoms with van der Waals surface area (Å²) in [6, 6.07) is 17.6. The first-order valence-corrected chi connectivity index (χ1v) is 20.5. The highest BCUT2D eigenvalue weighted by atomic mass is 32.2. The SMILES string of the molecule is CCCCNS(=O)(=O)C[C@@H](O)[C@@H](O)[C@H](CC1CCCCC1)NC(C)CC1=CN(C(=O)NC(=O)c2cc3ccccc3[nH]2)CN1COCc1ccccc1. The van der Waals surface area contributed by atoms with Gasteiger partial charge in [0.1, 0.15) is 19.1 Å². The summed E-state index contributed by atoms with van der Waals surface area (Å²) in [6.07, 6.45) is 6.86. The zero-order valence-electron chi connectivity index (χ0n) is 30.9. The van der Waals surface area contributed by atoms with E-state index in [1.165, 1.54) is 11.3 Å². The topological polar surface area (TPSA) is 176 Å². The Morgan fingerprint density at radius 1 is 1.04 bits per heavy atom. The highest BCUT2D eigenvalue weighted by Crippen LogP contribution is 2.29. The largest absolute Gasteiger partial charge is 0.389 e. The quantitative estimate of drug-likeness (QED) is 0.0944. The van der Waals surface area contributed by atoms with Crippen molar-refractivity contribution in [2.75, 3.05) is 25.7 Å². The lowest BCUT2D eigenvalue weighted by molar-refractivity contribution is -0.00177. The number of nitrogens with one attached hydrogen (secondary N) is 4. The molecule has 0 radical (unpaired) electrons. The Hall–Kier alpha value is -3.79. The number of fused-ring (bicyclic) bond motifs is 1. The van der Waals surface area contributed by atoms with Gasteiger partial charge in [-0.25, -0.2) is 17.9 Å². The van der Waals surface area contributed by atoms with Crippen molar-refractivity contribution >= 4 is 32.9 Å².